The molecular weight excluding hydrogens is 228 g/mol. The Kier molecular flexibility index (Phi) is 7.10. The highest BCUT2D eigenvalue weighted by atomic mass is 16.5. The van der Waals surface area contributed by atoms with Crippen molar-refractivity contribution in [2.45, 2.75) is 26.7 Å². The number of nitrogens with zero attached hydrogens (tertiary/aromatic N) is 3. The summed E-state index contributed by atoms with van der Waals surface area (Å²) in [5.41, 5.74) is 0. The smallest absolute Gasteiger partial charge is 0.234 e. The van der Waals surface area contributed by atoms with Gasteiger partial charge >= 0.3 is 0 Å². The van der Waals surface area contributed by atoms with Crippen molar-refractivity contribution in [1.82, 2.24) is 15.3 Å². The molecule has 1 aromatic rings. The first-order valence-electron chi connectivity index (χ1n) is 6.66. The third-order valence-electron chi connectivity index (χ3n) is 2.50. The number of likely N-dealkylation sites (N-methyl/N-ethyl adjacent to an activating group) is 1. The van der Waals surface area contributed by atoms with Gasteiger partial charge in [0.05, 0.1) is 19.0 Å². The topological polar surface area (TPSA) is 50.3 Å². The van der Waals surface area contributed by atoms with Crippen molar-refractivity contribution in [3.63, 3.8) is 0 Å². The van der Waals surface area contributed by atoms with Crippen LogP contribution in [0.25, 0.3) is 0 Å². The van der Waals surface area contributed by atoms with Crippen molar-refractivity contribution >= 4 is 5.82 Å². The molecule has 1 heterocycles. The summed E-state index contributed by atoms with van der Waals surface area (Å²) in [6.07, 6.45) is 5.53. The number of anilines is 1. The second-order valence-electron chi connectivity index (χ2n) is 4.15. The molecule has 0 aromatic carbocycles. The zero-order valence-corrected chi connectivity index (χ0v) is 11.6. The molecule has 102 valence electrons. The molecule has 0 saturated heterocycles. The van der Waals surface area contributed by atoms with Gasteiger partial charge in [-0.1, -0.05) is 13.8 Å². The molecular formula is C13H24N4O. The Hall–Kier alpha value is -1.36. The van der Waals surface area contributed by atoms with E-state index in [1.54, 1.807) is 12.4 Å². The standard InChI is InChI=1S/C13H24N4O/c1-4-7-17(8-6-14-3)12-10-15-11-13(16-12)18-9-5-2/h10-11,14H,4-9H2,1-3H3. The van der Waals surface area contributed by atoms with Crippen molar-refractivity contribution < 1.29 is 4.74 Å². The lowest BCUT2D eigenvalue weighted by Crippen LogP contribution is -2.32. The van der Waals surface area contributed by atoms with Crippen LogP contribution in [-0.2, 0) is 0 Å². The number of ether oxygens (including phenoxy) is 1. The van der Waals surface area contributed by atoms with Crippen LogP contribution in [0.15, 0.2) is 12.4 Å². The van der Waals surface area contributed by atoms with E-state index in [0.717, 1.165) is 38.3 Å². The summed E-state index contributed by atoms with van der Waals surface area (Å²) in [6, 6.07) is 0. The SMILES string of the molecule is CCCOc1cncc(N(CCC)CCNC)n1. The zero-order valence-electron chi connectivity index (χ0n) is 11.6. The lowest BCUT2D eigenvalue weighted by atomic mass is 10.4. The monoisotopic (exact) mass is 252 g/mol. The number of hydrogen-bond acceptors (Lipinski definition) is 5. The molecule has 0 unspecified atom stereocenters. The Morgan fingerprint density at radius 2 is 2.06 bits per heavy atom. The highest BCUT2D eigenvalue weighted by Crippen LogP contribution is 2.14. The van der Waals surface area contributed by atoms with Gasteiger partial charge in [-0.05, 0) is 19.9 Å². The Bertz CT molecular complexity index is 333. The molecule has 0 atom stereocenters. The molecule has 5 heteroatoms. The van der Waals surface area contributed by atoms with Crippen LogP contribution in [0.2, 0.25) is 0 Å². The number of hydrogen-bond donors (Lipinski definition) is 1. The highest BCUT2D eigenvalue weighted by molar-refractivity contribution is 5.37. The highest BCUT2D eigenvalue weighted by Gasteiger charge is 2.08. The molecule has 1 N–H and O–H groups in total. The average molecular weight is 252 g/mol. The second kappa shape index (κ2) is 8.69. The lowest BCUT2D eigenvalue weighted by Gasteiger charge is -2.22. The van der Waals surface area contributed by atoms with Gasteiger partial charge in [0, 0.05) is 19.6 Å². The Morgan fingerprint density at radius 1 is 1.22 bits per heavy atom. The van der Waals surface area contributed by atoms with Gasteiger partial charge < -0.3 is 15.0 Å². The van der Waals surface area contributed by atoms with Crippen LogP contribution in [0.4, 0.5) is 5.82 Å². The van der Waals surface area contributed by atoms with Gasteiger partial charge in [-0.15, -0.1) is 0 Å². The van der Waals surface area contributed by atoms with Crippen LogP contribution in [0.5, 0.6) is 5.88 Å². The lowest BCUT2D eigenvalue weighted by molar-refractivity contribution is 0.304. The van der Waals surface area contributed by atoms with Crippen LogP contribution in [0.1, 0.15) is 26.7 Å². The second-order valence-corrected chi connectivity index (χ2v) is 4.15. The minimum absolute atomic E-state index is 0.611. The summed E-state index contributed by atoms with van der Waals surface area (Å²) in [4.78, 5) is 10.9. The van der Waals surface area contributed by atoms with Crippen molar-refractivity contribution in [1.29, 1.82) is 0 Å². The van der Waals surface area contributed by atoms with Crippen LogP contribution >= 0.6 is 0 Å². The number of rotatable bonds is 9. The maximum absolute atomic E-state index is 5.51. The largest absolute Gasteiger partial charge is 0.477 e. The van der Waals surface area contributed by atoms with Crippen LogP contribution in [0, 0.1) is 0 Å². The van der Waals surface area contributed by atoms with E-state index in [1.807, 2.05) is 7.05 Å². The molecule has 0 spiro atoms. The first-order chi connectivity index (χ1) is 8.81. The predicted octanol–water partition coefficient (Wildman–Crippen LogP) is 1.70. The first-order valence-corrected chi connectivity index (χ1v) is 6.66. The van der Waals surface area contributed by atoms with Crippen LogP contribution in [-0.4, -0.2) is 43.3 Å². The summed E-state index contributed by atoms with van der Waals surface area (Å²) in [6.45, 7) is 7.76. The fourth-order valence-corrected chi connectivity index (χ4v) is 1.62. The molecule has 5 nitrogen and oxygen atoms in total. The quantitative estimate of drug-likeness (QED) is 0.725. The summed E-state index contributed by atoms with van der Waals surface area (Å²) >= 11 is 0. The van der Waals surface area contributed by atoms with Gasteiger partial charge in [-0.2, -0.15) is 4.98 Å². The normalized spacial score (nSPS) is 10.4. The Morgan fingerprint density at radius 3 is 2.72 bits per heavy atom. The fraction of sp³-hybridized carbons (Fsp3) is 0.692. The van der Waals surface area contributed by atoms with E-state index < -0.39 is 0 Å². The number of aromatic nitrogens is 2. The maximum Gasteiger partial charge on any atom is 0.234 e. The van der Waals surface area contributed by atoms with Crippen molar-refractivity contribution in [2.75, 3.05) is 38.2 Å². The average Bonchev–Trinajstić information content (AvgIpc) is 2.41. The molecule has 0 saturated carbocycles. The molecule has 1 aromatic heterocycles. The molecule has 0 radical (unpaired) electrons. The summed E-state index contributed by atoms with van der Waals surface area (Å²) < 4.78 is 5.51. The Labute approximate surface area is 110 Å². The Balaban J connectivity index is 2.70. The summed E-state index contributed by atoms with van der Waals surface area (Å²) in [5, 5.41) is 3.15. The van der Waals surface area contributed by atoms with Gasteiger partial charge in [0.25, 0.3) is 0 Å². The molecule has 0 aliphatic heterocycles. The van der Waals surface area contributed by atoms with E-state index in [0.29, 0.717) is 12.5 Å². The molecule has 0 bridgehead atoms. The minimum Gasteiger partial charge on any atom is -0.477 e. The van der Waals surface area contributed by atoms with E-state index >= 15 is 0 Å². The van der Waals surface area contributed by atoms with Crippen molar-refractivity contribution in [3.8, 4) is 5.88 Å². The van der Waals surface area contributed by atoms with Gasteiger partial charge in [0.2, 0.25) is 5.88 Å². The molecule has 0 aliphatic rings. The van der Waals surface area contributed by atoms with Gasteiger partial charge in [-0.3, -0.25) is 4.98 Å². The number of nitrogens with one attached hydrogen (secondary N) is 1. The molecule has 0 fully saturated rings. The van der Waals surface area contributed by atoms with Gasteiger partial charge in [-0.25, -0.2) is 0 Å². The van der Waals surface area contributed by atoms with Gasteiger partial charge in [0.15, 0.2) is 5.82 Å². The van der Waals surface area contributed by atoms with E-state index in [1.165, 1.54) is 0 Å². The predicted molar refractivity (Wildman–Crippen MR) is 74.2 cm³/mol. The maximum atomic E-state index is 5.51. The zero-order chi connectivity index (χ0) is 13.2. The summed E-state index contributed by atoms with van der Waals surface area (Å²) in [7, 11) is 1.95. The third kappa shape index (κ3) is 4.87. The fourth-order valence-electron chi connectivity index (χ4n) is 1.62. The van der Waals surface area contributed by atoms with E-state index in [9.17, 15) is 0 Å². The van der Waals surface area contributed by atoms with Gasteiger partial charge in [0.1, 0.15) is 0 Å². The van der Waals surface area contributed by atoms with E-state index in [-0.39, 0.29) is 0 Å². The molecule has 18 heavy (non-hydrogen) atoms. The van der Waals surface area contributed by atoms with E-state index in [4.69, 9.17) is 4.74 Å². The van der Waals surface area contributed by atoms with Crippen molar-refractivity contribution in [2.24, 2.45) is 0 Å². The third-order valence-corrected chi connectivity index (χ3v) is 2.50. The van der Waals surface area contributed by atoms with Crippen LogP contribution in [0.3, 0.4) is 0 Å². The summed E-state index contributed by atoms with van der Waals surface area (Å²) in [5.74, 6) is 1.50. The first kappa shape index (κ1) is 14.7. The van der Waals surface area contributed by atoms with E-state index in [2.05, 4.69) is 34.0 Å². The molecule has 0 amide bonds. The minimum atomic E-state index is 0.611. The van der Waals surface area contributed by atoms with Crippen LogP contribution < -0.4 is 15.0 Å². The molecule has 0 aliphatic carbocycles. The van der Waals surface area contributed by atoms with Crippen molar-refractivity contribution in [3.05, 3.63) is 12.4 Å². The molecule has 1 rings (SSSR count).